The highest BCUT2D eigenvalue weighted by Gasteiger charge is 2.34. The predicted octanol–water partition coefficient (Wildman–Crippen LogP) is 1.38. The Morgan fingerprint density at radius 1 is 1.14 bits per heavy atom. The Morgan fingerprint density at radius 2 is 1.86 bits per heavy atom. The van der Waals surface area contributed by atoms with Crippen molar-refractivity contribution in [2.24, 2.45) is 0 Å². The van der Waals surface area contributed by atoms with Crippen LogP contribution in [0.2, 0.25) is 0 Å². The zero-order valence-electron chi connectivity index (χ0n) is 19.4. The quantitative estimate of drug-likeness (QED) is 0.526. The van der Waals surface area contributed by atoms with Crippen LogP contribution in [0.5, 0.6) is 0 Å². The summed E-state index contributed by atoms with van der Waals surface area (Å²) in [5.41, 5.74) is 0.292. The van der Waals surface area contributed by atoms with Gasteiger partial charge in [-0.15, -0.1) is 0 Å². The summed E-state index contributed by atoms with van der Waals surface area (Å²) in [5, 5.41) is 2.54. The Kier molecular flexibility index (Phi) is 6.54. The van der Waals surface area contributed by atoms with E-state index < -0.39 is 36.4 Å². The molecule has 37 heavy (non-hydrogen) atoms. The normalized spacial score (nSPS) is 17.9. The largest absolute Gasteiger partial charge is 0.441 e. The lowest BCUT2D eigenvalue weighted by atomic mass is 10.2. The summed E-state index contributed by atoms with van der Waals surface area (Å²) < 4.78 is 49.0. The number of amides is 3. The average Bonchev–Trinajstić information content (AvgIpc) is 3.50. The third-order valence-corrected chi connectivity index (χ3v) is 6.21. The standard InChI is InChI=1S/C23H22F3N7O4/c24-9-15-12-33(23(36)37-15)14-7-16(25)21(17(26)8-14)31-5-3-30(4-6-31)20(34)11-28-22(35)18-13-32-2-1-27-10-19(32)29-18/h1-2,7-8,10,13,15H,3-6,9,11-12H2,(H,28,35). The van der Waals surface area contributed by atoms with Crippen LogP contribution in [0, 0.1) is 11.6 Å². The molecule has 2 aromatic heterocycles. The summed E-state index contributed by atoms with van der Waals surface area (Å²) in [7, 11) is 0. The second-order valence-electron chi connectivity index (χ2n) is 8.55. The molecule has 5 rings (SSSR count). The van der Waals surface area contributed by atoms with E-state index in [9.17, 15) is 27.6 Å². The molecule has 0 bridgehead atoms. The number of cyclic esters (lactones) is 1. The topological polar surface area (TPSA) is 112 Å². The Hall–Kier alpha value is -4.36. The fourth-order valence-electron chi connectivity index (χ4n) is 4.31. The Bertz CT molecular complexity index is 1300. The first-order valence-electron chi connectivity index (χ1n) is 11.5. The highest BCUT2D eigenvalue weighted by molar-refractivity contribution is 5.95. The SMILES string of the molecule is O=C(NCC(=O)N1CCN(c2c(F)cc(N3CC(CF)OC3=O)cc2F)CC1)c1cn2ccncc2n1. The van der Waals surface area contributed by atoms with Crippen molar-refractivity contribution in [3.8, 4) is 0 Å². The summed E-state index contributed by atoms with van der Waals surface area (Å²) in [6, 6.07) is 2.01. The number of aromatic nitrogens is 3. The molecule has 1 N–H and O–H groups in total. The van der Waals surface area contributed by atoms with Crippen molar-refractivity contribution in [2.45, 2.75) is 6.10 Å². The van der Waals surface area contributed by atoms with Gasteiger partial charge in [0.2, 0.25) is 5.91 Å². The van der Waals surface area contributed by atoms with Crippen molar-refractivity contribution in [2.75, 3.05) is 55.7 Å². The smallest absolute Gasteiger partial charge is 0.414 e. The van der Waals surface area contributed by atoms with Crippen molar-refractivity contribution in [1.29, 1.82) is 0 Å². The van der Waals surface area contributed by atoms with E-state index in [-0.39, 0.29) is 62.2 Å². The van der Waals surface area contributed by atoms with Crippen molar-refractivity contribution in [3.63, 3.8) is 0 Å². The van der Waals surface area contributed by atoms with E-state index in [1.54, 1.807) is 16.8 Å². The molecule has 194 valence electrons. The Morgan fingerprint density at radius 3 is 2.51 bits per heavy atom. The van der Waals surface area contributed by atoms with E-state index in [2.05, 4.69) is 15.3 Å². The van der Waals surface area contributed by atoms with E-state index >= 15 is 0 Å². The van der Waals surface area contributed by atoms with Crippen LogP contribution in [0.3, 0.4) is 0 Å². The first kappa shape index (κ1) is 24.3. The minimum absolute atomic E-state index is 0.0638. The molecule has 3 amide bonds. The number of imidazole rings is 1. The molecule has 14 heteroatoms. The third kappa shape index (κ3) is 4.86. The summed E-state index contributed by atoms with van der Waals surface area (Å²) in [6.07, 6.45) is 4.37. The molecule has 0 radical (unpaired) electrons. The van der Waals surface area contributed by atoms with Gasteiger partial charge in [0, 0.05) is 56.9 Å². The molecule has 11 nitrogen and oxygen atoms in total. The number of anilines is 2. The second-order valence-corrected chi connectivity index (χ2v) is 8.55. The molecule has 0 aliphatic carbocycles. The van der Waals surface area contributed by atoms with E-state index in [0.29, 0.717) is 5.65 Å². The minimum atomic E-state index is -0.981. The first-order valence-corrected chi connectivity index (χ1v) is 11.5. The molecule has 2 saturated heterocycles. The molecule has 0 saturated carbocycles. The lowest BCUT2D eigenvalue weighted by Crippen LogP contribution is -2.51. The number of hydrogen-bond acceptors (Lipinski definition) is 7. The van der Waals surface area contributed by atoms with Crippen LogP contribution in [0.1, 0.15) is 10.5 Å². The first-order chi connectivity index (χ1) is 17.8. The van der Waals surface area contributed by atoms with Crippen LogP contribution in [0.25, 0.3) is 5.65 Å². The molecule has 3 aromatic rings. The number of nitrogens with zero attached hydrogens (tertiary/aromatic N) is 6. The van der Waals surface area contributed by atoms with Crippen molar-refractivity contribution in [3.05, 3.63) is 54.2 Å². The highest BCUT2D eigenvalue weighted by Crippen LogP contribution is 2.31. The highest BCUT2D eigenvalue weighted by atomic mass is 19.1. The number of piperazine rings is 1. The van der Waals surface area contributed by atoms with Crippen LogP contribution in [0.15, 0.2) is 36.9 Å². The number of rotatable bonds is 6. The van der Waals surface area contributed by atoms with Gasteiger partial charge < -0.3 is 24.3 Å². The number of hydrogen-bond donors (Lipinski definition) is 1. The zero-order chi connectivity index (χ0) is 26.1. The van der Waals surface area contributed by atoms with Gasteiger partial charge in [0.15, 0.2) is 17.3 Å². The van der Waals surface area contributed by atoms with Gasteiger partial charge in [-0.2, -0.15) is 0 Å². The molecule has 2 fully saturated rings. The number of benzene rings is 1. The summed E-state index contributed by atoms with van der Waals surface area (Å²) >= 11 is 0. The second kappa shape index (κ2) is 9.95. The summed E-state index contributed by atoms with van der Waals surface area (Å²) in [4.78, 5) is 48.9. The fraction of sp³-hybridized carbons (Fsp3) is 0.348. The van der Waals surface area contributed by atoms with Crippen molar-refractivity contribution in [1.82, 2.24) is 24.6 Å². The van der Waals surface area contributed by atoms with Crippen molar-refractivity contribution >= 4 is 34.9 Å². The Balaban J connectivity index is 1.16. The molecular weight excluding hydrogens is 495 g/mol. The maximum atomic E-state index is 14.9. The van der Waals surface area contributed by atoms with Gasteiger partial charge in [-0.25, -0.2) is 22.9 Å². The predicted molar refractivity (Wildman–Crippen MR) is 124 cm³/mol. The lowest BCUT2D eigenvalue weighted by Gasteiger charge is -2.36. The monoisotopic (exact) mass is 517 g/mol. The number of fused-ring (bicyclic) bond motifs is 1. The van der Waals surface area contributed by atoms with E-state index in [4.69, 9.17) is 4.74 Å². The molecule has 1 atom stereocenters. The average molecular weight is 517 g/mol. The number of halogens is 3. The fourth-order valence-corrected chi connectivity index (χ4v) is 4.31. The van der Waals surface area contributed by atoms with E-state index in [1.165, 1.54) is 22.2 Å². The van der Waals surface area contributed by atoms with Gasteiger partial charge in [0.05, 0.1) is 25.0 Å². The maximum Gasteiger partial charge on any atom is 0.414 e. The number of carbonyl (C=O) groups excluding carboxylic acids is 3. The molecule has 1 unspecified atom stereocenters. The minimum Gasteiger partial charge on any atom is -0.441 e. The van der Waals surface area contributed by atoms with Gasteiger partial charge in [0.1, 0.15) is 24.2 Å². The lowest BCUT2D eigenvalue weighted by molar-refractivity contribution is -0.130. The maximum absolute atomic E-state index is 14.9. The Labute approximate surface area is 208 Å². The molecule has 1 aromatic carbocycles. The molecule has 2 aliphatic rings. The number of ether oxygens (including phenoxy) is 1. The number of carbonyl (C=O) groups is 3. The van der Waals surface area contributed by atoms with Gasteiger partial charge >= 0.3 is 6.09 Å². The van der Waals surface area contributed by atoms with Gasteiger partial charge in [-0.1, -0.05) is 0 Å². The van der Waals surface area contributed by atoms with Crippen LogP contribution < -0.4 is 15.1 Å². The van der Waals surface area contributed by atoms with Gasteiger partial charge in [-0.05, 0) is 0 Å². The number of alkyl halides is 1. The summed E-state index contributed by atoms with van der Waals surface area (Å²) in [5.74, 6) is -2.63. The zero-order valence-corrected chi connectivity index (χ0v) is 19.4. The molecule has 0 spiro atoms. The van der Waals surface area contributed by atoms with Crippen LogP contribution in [-0.4, -0.2) is 89.2 Å². The van der Waals surface area contributed by atoms with Crippen LogP contribution in [0.4, 0.5) is 29.3 Å². The molecule has 4 heterocycles. The van der Waals surface area contributed by atoms with Crippen LogP contribution in [-0.2, 0) is 9.53 Å². The van der Waals surface area contributed by atoms with Crippen molar-refractivity contribution < 1.29 is 32.3 Å². The van der Waals surface area contributed by atoms with Crippen LogP contribution >= 0.6 is 0 Å². The molecular formula is C23H22F3N7O4. The molecule has 2 aliphatic heterocycles. The van der Waals surface area contributed by atoms with Gasteiger partial charge in [-0.3, -0.25) is 19.5 Å². The third-order valence-electron chi connectivity index (χ3n) is 6.21. The summed E-state index contributed by atoms with van der Waals surface area (Å²) in [6.45, 7) is -0.606. The van der Waals surface area contributed by atoms with E-state index in [1.807, 2.05) is 0 Å². The van der Waals surface area contributed by atoms with Gasteiger partial charge in [0.25, 0.3) is 5.91 Å². The van der Waals surface area contributed by atoms with E-state index in [0.717, 1.165) is 17.0 Å². The number of nitrogens with one attached hydrogen (secondary N) is 1.